The van der Waals surface area contributed by atoms with Crippen molar-refractivity contribution in [1.82, 2.24) is 30.2 Å². The first-order valence-corrected chi connectivity index (χ1v) is 16.2. The minimum Gasteiger partial charge on any atom is -0.466 e. The molecule has 2 aliphatic rings. The molecule has 2 aliphatic heterocycles. The van der Waals surface area contributed by atoms with Crippen LogP contribution in [0.4, 0.5) is 10.7 Å². The number of nitrogens with zero attached hydrogens (tertiary/aromatic N) is 3. The Hall–Kier alpha value is -3.33. The van der Waals surface area contributed by atoms with E-state index in [1.807, 2.05) is 11.8 Å². The quantitative estimate of drug-likeness (QED) is 0.0965. The normalized spacial score (nSPS) is 19.3. The van der Waals surface area contributed by atoms with Gasteiger partial charge >= 0.3 is 18.0 Å². The molecule has 0 bridgehead atoms. The van der Waals surface area contributed by atoms with E-state index in [1.165, 1.54) is 6.33 Å². The first-order chi connectivity index (χ1) is 20.9. The fourth-order valence-corrected chi connectivity index (χ4v) is 6.83. The monoisotopic (exact) mass is 621 g/mol. The summed E-state index contributed by atoms with van der Waals surface area (Å²) in [6, 6.07) is 0.396. The minimum absolute atomic E-state index is 0.00218. The predicted octanol–water partition coefficient (Wildman–Crippen LogP) is 2.61. The summed E-state index contributed by atoms with van der Waals surface area (Å²) in [6.07, 6.45) is 11.9. The van der Waals surface area contributed by atoms with Crippen LogP contribution in [0.5, 0.6) is 0 Å². The lowest BCUT2D eigenvalue weighted by Gasteiger charge is -2.16. The molecule has 0 saturated carbocycles. The van der Waals surface area contributed by atoms with Crippen LogP contribution in [0.1, 0.15) is 77.0 Å². The number of nitrogens with one attached hydrogen (secondary N) is 3. The first-order valence-electron chi connectivity index (χ1n) is 15.2. The first kappa shape index (κ1) is 32.6. The van der Waals surface area contributed by atoms with Gasteiger partial charge in [-0.05, 0) is 25.7 Å². The molecule has 4 rings (SSSR count). The van der Waals surface area contributed by atoms with E-state index in [-0.39, 0.29) is 61.5 Å². The average molecular weight is 622 g/mol. The lowest BCUT2D eigenvalue weighted by Crippen LogP contribution is -2.36. The molecule has 43 heavy (non-hydrogen) atoms. The van der Waals surface area contributed by atoms with Gasteiger partial charge in [-0.1, -0.05) is 38.5 Å². The molecule has 0 radical (unpaired) electrons. The van der Waals surface area contributed by atoms with Gasteiger partial charge in [-0.25, -0.2) is 9.78 Å². The number of urea groups is 1. The van der Waals surface area contributed by atoms with E-state index in [4.69, 9.17) is 19.9 Å². The third kappa shape index (κ3) is 10.4. The molecule has 5 N–H and O–H groups in total. The van der Waals surface area contributed by atoms with Crippen LogP contribution in [0.3, 0.4) is 0 Å². The maximum absolute atomic E-state index is 12.0. The molecule has 0 aromatic carbocycles. The molecular weight excluding hydrogens is 578 g/mol. The molecule has 15 heteroatoms. The molecule has 3 atom stereocenters. The molecule has 0 aliphatic carbocycles. The van der Waals surface area contributed by atoms with Crippen LogP contribution >= 0.6 is 11.8 Å². The number of rotatable bonds is 20. The number of fused-ring (bicyclic) bond motifs is 2. The second-order valence-corrected chi connectivity index (χ2v) is 12.2. The minimum atomic E-state index is -0.413. The third-order valence-corrected chi connectivity index (χ3v) is 9.07. The van der Waals surface area contributed by atoms with E-state index >= 15 is 0 Å². The van der Waals surface area contributed by atoms with E-state index in [0.29, 0.717) is 30.3 Å². The lowest BCUT2D eigenvalue weighted by molar-refractivity contribution is -0.146. The number of ether oxygens (including phenoxy) is 3. The van der Waals surface area contributed by atoms with Gasteiger partial charge in [-0.3, -0.25) is 23.9 Å². The number of imidazole rings is 1. The van der Waals surface area contributed by atoms with Crippen LogP contribution in [-0.2, 0) is 30.5 Å². The van der Waals surface area contributed by atoms with Crippen molar-refractivity contribution in [3.63, 3.8) is 0 Å². The molecule has 2 saturated heterocycles. The summed E-state index contributed by atoms with van der Waals surface area (Å²) in [5, 5.41) is 6.38. The predicted molar refractivity (Wildman–Crippen MR) is 161 cm³/mol. The number of hydrogen-bond donors (Lipinski definition) is 4. The highest BCUT2D eigenvalue weighted by atomic mass is 32.2. The Morgan fingerprint density at radius 2 is 1.63 bits per heavy atom. The number of thioether (sulfide) groups is 1. The molecule has 2 amide bonds. The summed E-state index contributed by atoms with van der Waals surface area (Å²) >= 11 is 1.90. The van der Waals surface area contributed by atoms with Gasteiger partial charge in [0.25, 0.3) is 5.56 Å². The van der Waals surface area contributed by atoms with Crippen molar-refractivity contribution in [3.8, 4) is 0 Å². The van der Waals surface area contributed by atoms with Gasteiger partial charge in [0, 0.05) is 23.8 Å². The maximum Gasteiger partial charge on any atom is 0.315 e. The fourth-order valence-electron chi connectivity index (χ4n) is 5.29. The molecule has 4 heterocycles. The van der Waals surface area contributed by atoms with Gasteiger partial charge in [0.1, 0.15) is 13.3 Å². The Morgan fingerprint density at radius 1 is 0.930 bits per heavy atom. The third-order valence-electron chi connectivity index (χ3n) is 7.56. The summed E-state index contributed by atoms with van der Waals surface area (Å²) < 4.78 is 17.6. The second-order valence-electron chi connectivity index (χ2n) is 10.9. The number of anilines is 1. The lowest BCUT2D eigenvalue weighted by atomic mass is 10.0. The van der Waals surface area contributed by atoms with Crippen molar-refractivity contribution < 1.29 is 28.6 Å². The van der Waals surface area contributed by atoms with Crippen molar-refractivity contribution in [1.29, 1.82) is 0 Å². The van der Waals surface area contributed by atoms with Gasteiger partial charge < -0.3 is 30.6 Å². The zero-order valence-corrected chi connectivity index (χ0v) is 25.3. The number of amides is 2. The second kappa shape index (κ2) is 17.1. The number of esters is 2. The standard InChI is InChI=1S/C28H43N7O7S/c29-27-33-25-24(26(38)34-27)30-17-35(25)18-40-14-15-42-22(37)11-6-4-2-1-3-5-9-13-41-21(36)12-8-7-10-20-23-19(16-43-20)31-28(39)32-23/h17,19-20,23H,1-16,18H2,(H2,31,32,39)(H3,29,33,34,38)/t19-,20?,23-/m0/s1. The number of nitrogens with two attached hydrogens (primary N) is 1. The fraction of sp³-hybridized carbons (Fsp3) is 0.714. The van der Waals surface area contributed by atoms with Gasteiger partial charge in [0.05, 0.1) is 31.6 Å². The van der Waals surface area contributed by atoms with Crippen molar-refractivity contribution in [2.24, 2.45) is 0 Å². The number of aromatic amines is 1. The number of carbonyl (C=O) groups excluding carboxylic acids is 3. The highest BCUT2D eigenvalue weighted by Crippen LogP contribution is 2.33. The van der Waals surface area contributed by atoms with Crippen molar-refractivity contribution in [2.75, 3.05) is 31.3 Å². The Bertz CT molecular complexity index is 1270. The molecular formula is C28H43N7O7S. The van der Waals surface area contributed by atoms with E-state index < -0.39 is 5.56 Å². The highest BCUT2D eigenvalue weighted by molar-refractivity contribution is 8.00. The van der Waals surface area contributed by atoms with Crippen LogP contribution in [0.25, 0.3) is 11.2 Å². The number of H-pyrrole nitrogens is 1. The Labute approximate surface area is 254 Å². The molecule has 238 valence electrons. The van der Waals surface area contributed by atoms with E-state index in [9.17, 15) is 19.2 Å². The van der Waals surface area contributed by atoms with Crippen LogP contribution in [-0.4, -0.2) is 80.4 Å². The summed E-state index contributed by atoms with van der Waals surface area (Å²) in [7, 11) is 0. The van der Waals surface area contributed by atoms with Crippen LogP contribution in [0, 0.1) is 0 Å². The summed E-state index contributed by atoms with van der Waals surface area (Å²) in [4.78, 5) is 57.6. The van der Waals surface area contributed by atoms with Crippen molar-refractivity contribution in [3.05, 3.63) is 16.7 Å². The van der Waals surface area contributed by atoms with Gasteiger partial charge in [-0.2, -0.15) is 16.7 Å². The number of carbonyl (C=O) groups is 3. The number of aromatic nitrogens is 4. The number of hydrogen-bond acceptors (Lipinski definition) is 11. The van der Waals surface area contributed by atoms with Crippen LogP contribution in [0.2, 0.25) is 0 Å². The Kier molecular flexibility index (Phi) is 12.9. The average Bonchev–Trinajstić information content (AvgIpc) is 3.66. The maximum atomic E-state index is 12.0. The summed E-state index contributed by atoms with van der Waals surface area (Å²) in [5.41, 5.74) is 5.67. The van der Waals surface area contributed by atoms with Gasteiger partial charge in [0.2, 0.25) is 5.95 Å². The summed E-state index contributed by atoms with van der Waals surface area (Å²) in [6.45, 7) is 0.929. The van der Waals surface area contributed by atoms with Crippen LogP contribution < -0.4 is 21.9 Å². The zero-order valence-electron chi connectivity index (χ0n) is 24.5. The molecule has 14 nitrogen and oxygen atoms in total. The van der Waals surface area contributed by atoms with E-state index in [2.05, 4.69) is 25.6 Å². The Morgan fingerprint density at radius 3 is 2.42 bits per heavy atom. The van der Waals surface area contributed by atoms with E-state index in [1.54, 1.807) is 4.57 Å². The van der Waals surface area contributed by atoms with E-state index in [0.717, 1.165) is 70.0 Å². The Balaban J connectivity index is 0.893. The number of unbranched alkanes of at least 4 members (excludes halogenated alkanes) is 7. The zero-order chi connectivity index (χ0) is 30.4. The topological polar surface area (TPSA) is 193 Å². The molecule has 2 aromatic heterocycles. The van der Waals surface area contributed by atoms with Crippen molar-refractivity contribution in [2.45, 2.75) is 101 Å². The van der Waals surface area contributed by atoms with Gasteiger partial charge in [-0.15, -0.1) is 0 Å². The SMILES string of the molecule is Nc1nc2c(ncn2COCCOC(=O)CCCCCCCCCOC(=O)CCCCC2SC[C@@H]3NC(=O)N[C@H]23)c(=O)[nH]1. The molecule has 1 unspecified atom stereocenters. The van der Waals surface area contributed by atoms with Gasteiger partial charge in [0.15, 0.2) is 11.2 Å². The summed E-state index contributed by atoms with van der Waals surface area (Å²) in [5.74, 6) is 0.587. The molecule has 2 fully saturated rings. The molecule has 2 aromatic rings. The van der Waals surface area contributed by atoms with Crippen LogP contribution in [0.15, 0.2) is 11.1 Å². The number of nitrogen functional groups attached to an aromatic ring is 1. The van der Waals surface area contributed by atoms with Crippen molar-refractivity contribution >= 4 is 46.8 Å². The largest absolute Gasteiger partial charge is 0.466 e. The molecule has 0 spiro atoms. The smallest absolute Gasteiger partial charge is 0.315 e. The highest BCUT2D eigenvalue weighted by Gasteiger charge is 2.42.